The molecule has 1 aromatic carbocycles. The van der Waals surface area contributed by atoms with Gasteiger partial charge in [-0.05, 0) is 30.2 Å². The molecule has 1 fully saturated rings. The fourth-order valence-corrected chi connectivity index (χ4v) is 4.68. The molecule has 0 saturated carbocycles. The molecule has 1 N–H and O–H groups in total. The summed E-state index contributed by atoms with van der Waals surface area (Å²) >= 11 is 0. The first-order valence-electron chi connectivity index (χ1n) is 11.7. The molecule has 0 spiro atoms. The van der Waals surface area contributed by atoms with Gasteiger partial charge in [-0.15, -0.1) is 0 Å². The number of nitrogens with zero attached hydrogens (tertiary/aromatic N) is 2. The monoisotopic (exact) mass is 491 g/mol. The Morgan fingerprint density at radius 1 is 1.22 bits per heavy atom. The van der Waals surface area contributed by atoms with Crippen molar-refractivity contribution in [3.05, 3.63) is 59.0 Å². The minimum atomic E-state index is -1.40. The smallest absolute Gasteiger partial charge is 0.306 e. The molecule has 2 aliphatic rings. The molecule has 3 aromatic rings. The molecule has 36 heavy (non-hydrogen) atoms. The van der Waals surface area contributed by atoms with Crippen LogP contribution in [-0.4, -0.2) is 47.2 Å². The van der Waals surface area contributed by atoms with E-state index in [4.69, 9.17) is 13.9 Å². The number of hydrogen-bond donors (Lipinski definition) is 1. The van der Waals surface area contributed by atoms with E-state index in [2.05, 4.69) is 10.3 Å². The lowest BCUT2D eigenvalue weighted by atomic mass is 9.82. The van der Waals surface area contributed by atoms with Crippen LogP contribution in [0.4, 0.5) is 0 Å². The van der Waals surface area contributed by atoms with Gasteiger partial charge in [0.05, 0.1) is 13.5 Å². The number of nitrogens with one attached hydrogen (secondary N) is 1. The van der Waals surface area contributed by atoms with Crippen molar-refractivity contribution in [2.75, 3.05) is 13.7 Å². The molecule has 1 atom stereocenters. The van der Waals surface area contributed by atoms with Crippen LogP contribution in [0.2, 0.25) is 0 Å². The number of rotatable bonds is 8. The molecule has 0 unspecified atom stereocenters. The molecule has 3 amide bonds. The van der Waals surface area contributed by atoms with E-state index in [1.165, 1.54) is 7.11 Å². The average Bonchev–Trinajstić information content (AvgIpc) is 3.51. The van der Waals surface area contributed by atoms with Crippen LogP contribution in [-0.2, 0) is 37.7 Å². The van der Waals surface area contributed by atoms with Gasteiger partial charge in [-0.1, -0.05) is 13.0 Å². The topological polar surface area (TPSA) is 128 Å². The van der Waals surface area contributed by atoms with Gasteiger partial charge in [-0.3, -0.25) is 29.5 Å². The molecule has 5 rings (SSSR count). The van der Waals surface area contributed by atoms with Gasteiger partial charge >= 0.3 is 5.97 Å². The highest BCUT2D eigenvalue weighted by Crippen LogP contribution is 2.39. The molecule has 2 aromatic heterocycles. The summed E-state index contributed by atoms with van der Waals surface area (Å²) in [5.74, 6) is -0.709. The van der Waals surface area contributed by atoms with Crippen molar-refractivity contribution in [1.29, 1.82) is 0 Å². The first kappa shape index (κ1) is 23.5. The maximum Gasteiger partial charge on any atom is 0.306 e. The van der Waals surface area contributed by atoms with Crippen molar-refractivity contribution < 1.29 is 33.1 Å². The van der Waals surface area contributed by atoms with Gasteiger partial charge in [0.25, 0.3) is 5.91 Å². The number of furan rings is 1. The average molecular weight is 492 g/mol. The Bertz CT molecular complexity index is 1400. The van der Waals surface area contributed by atoms with Gasteiger partial charge in [-0.25, -0.2) is 0 Å². The van der Waals surface area contributed by atoms with Crippen molar-refractivity contribution in [1.82, 2.24) is 15.2 Å². The number of esters is 1. The molecular formula is C26H25N3O7. The fraction of sp³-hybridized carbons (Fsp3) is 0.346. The molecule has 0 aliphatic carbocycles. The van der Waals surface area contributed by atoms with Gasteiger partial charge in [0.2, 0.25) is 11.8 Å². The number of carbonyl (C=O) groups is 4. The summed E-state index contributed by atoms with van der Waals surface area (Å²) in [5, 5.41) is 2.36. The molecule has 4 heterocycles. The Balaban J connectivity index is 1.44. The number of fused-ring (bicyclic) bond motifs is 2. The van der Waals surface area contributed by atoms with Crippen LogP contribution in [0.15, 0.2) is 40.9 Å². The quantitative estimate of drug-likeness (QED) is 0.376. The van der Waals surface area contributed by atoms with Gasteiger partial charge in [0.1, 0.15) is 29.0 Å². The van der Waals surface area contributed by atoms with E-state index in [0.29, 0.717) is 47.4 Å². The van der Waals surface area contributed by atoms with Gasteiger partial charge in [-0.2, -0.15) is 0 Å². The number of pyridine rings is 1. The number of amides is 3. The predicted octanol–water partition coefficient (Wildman–Crippen LogP) is 2.62. The van der Waals surface area contributed by atoms with E-state index >= 15 is 0 Å². The SMILES string of the molecule is CCCC(=O)OCc1cnc2cc([C@]3(CN4Cc5ccc(OC)cc5C4=O)CC(=O)NC3=O)oc2c1. The van der Waals surface area contributed by atoms with Crippen LogP contribution in [0.25, 0.3) is 11.1 Å². The zero-order valence-electron chi connectivity index (χ0n) is 20.0. The standard InChI is InChI=1S/C26H25N3O7/c1-3-4-23(31)35-13-15-7-20-19(27-11-15)9-21(36-20)26(10-22(30)28-25(26)33)14-29-12-16-5-6-17(34-2)8-18(16)24(29)32/h5-9,11H,3-4,10,12-14H2,1-2H3,(H,28,30,33)/t26-/m1/s1. The van der Waals surface area contributed by atoms with Crippen molar-refractivity contribution in [2.24, 2.45) is 0 Å². The third kappa shape index (κ3) is 4.08. The fourth-order valence-electron chi connectivity index (χ4n) is 4.68. The predicted molar refractivity (Wildman–Crippen MR) is 126 cm³/mol. The molecule has 0 bridgehead atoms. The van der Waals surface area contributed by atoms with Crippen molar-refractivity contribution in [3.8, 4) is 5.75 Å². The second kappa shape index (κ2) is 9.10. The third-order valence-electron chi connectivity index (χ3n) is 6.56. The number of imide groups is 1. The number of carbonyl (C=O) groups excluding carboxylic acids is 4. The maximum atomic E-state index is 13.2. The highest BCUT2D eigenvalue weighted by atomic mass is 16.5. The first-order chi connectivity index (χ1) is 17.3. The summed E-state index contributed by atoms with van der Waals surface area (Å²) in [5.41, 5.74) is 1.43. The van der Waals surface area contributed by atoms with E-state index in [-0.39, 0.29) is 37.2 Å². The molecule has 10 heteroatoms. The van der Waals surface area contributed by atoms with Crippen molar-refractivity contribution in [2.45, 2.75) is 44.8 Å². The Morgan fingerprint density at radius 2 is 2.06 bits per heavy atom. The van der Waals surface area contributed by atoms with Crippen LogP contribution in [0, 0.1) is 0 Å². The number of benzene rings is 1. The number of ether oxygens (including phenoxy) is 2. The van der Waals surface area contributed by atoms with Crippen LogP contribution in [0.3, 0.4) is 0 Å². The van der Waals surface area contributed by atoms with E-state index in [0.717, 1.165) is 5.56 Å². The molecule has 0 radical (unpaired) electrons. The summed E-state index contributed by atoms with van der Waals surface area (Å²) in [4.78, 5) is 56.2. The van der Waals surface area contributed by atoms with Crippen LogP contribution < -0.4 is 10.1 Å². The van der Waals surface area contributed by atoms with E-state index in [1.54, 1.807) is 35.4 Å². The zero-order valence-corrected chi connectivity index (χ0v) is 20.0. The largest absolute Gasteiger partial charge is 0.497 e. The van der Waals surface area contributed by atoms with Crippen molar-refractivity contribution in [3.63, 3.8) is 0 Å². The molecule has 10 nitrogen and oxygen atoms in total. The van der Waals surface area contributed by atoms with Crippen LogP contribution in [0.5, 0.6) is 5.75 Å². The minimum Gasteiger partial charge on any atom is -0.497 e. The lowest BCUT2D eigenvalue weighted by Gasteiger charge is -2.28. The van der Waals surface area contributed by atoms with Crippen LogP contribution >= 0.6 is 0 Å². The normalized spacial score (nSPS) is 19.1. The number of aromatic nitrogens is 1. The van der Waals surface area contributed by atoms with Gasteiger partial charge in [0, 0.05) is 42.9 Å². The Kier molecular flexibility index (Phi) is 5.95. The lowest BCUT2D eigenvalue weighted by Crippen LogP contribution is -2.46. The van der Waals surface area contributed by atoms with Gasteiger partial charge < -0.3 is 18.8 Å². The second-order valence-electron chi connectivity index (χ2n) is 9.07. The Morgan fingerprint density at radius 3 is 2.78 bits per heavy atom. The van der Waals surface area contributed by atoms with E-state index in [1.807, 2.05) is 13.0 Å². The maximum absolute atomic E-state index is 13.2. The summed E-state index contributed by atoms with van der Waals surface area (Å²) in [6.45, 7) is 2.20. The molecule has 1 saturated heterocycles. The summed E-state index contributed by atoms with van der Waals surface area (Å²) in [7, 11) is 1.53. The summed E-state index contributed by atoms with van der Waals surface area (Å²) in [6, 6.07) is 8.58. The highest BCUT2D eigenvalue weighted by molar-refractivity contribution is 6.10. The van der Waals surface area contributed by atoms with E-state index in [9.17, 15) is 19.2 Å². The molecular weight excluding hydrogens is 466 g/mol. The minimum absolute atomic E-state index is 0.0400. The van der Waals surface area contributed by atoms with Crippen LogP contribution in [0.1, 0.15) is 53.4 Å². The Hall–Kier alpha value is -4.21. The van der Waals surface area contributed by atoms with Crippen molar-refractivity contribution >= 4 is 34.8 Å². The second-order valence-corrected chi connectivity index (χ2v) is 9.07. The third-order valence-corrected chi connectivity index (χ3v) is 6.56. The number of methoxy groups -OCH3 is 1. The highest BCUT2D eigenvalue weighted by Gasteiger charge is 2.53. The summed E-state index contributed by atoms with van der Waals surface area (Å²) < 4.78 is 16.5. The zero-order chi connectivity index (χ0) is 25.4. The first-order valence-corrected chi connectivity index (χ1v) is 11.7. The lowest BCUT2D eigenvalue weighted by molar-refractivity contribution is -0.145. The van der Waals surface area contributed by atoms with Gasteiger partial charge in [0.15, 0.2) is 5.58 Å². The summed E-state index contributed by atoms with van der Waals surface area (Å²) in [6.07, 6.45) is 2.44. The number of hydrogen-bond acceptors (Lipinski definition) is 8. The van der Waals surface area contributed by atoms with E-state index < -0.39 is 17.2 Å². The Labute approximate surface area is 206 Å². The molecule has 186 valence electrons. The molecule has 2 aliphatic heterocycles.